The Morgan fingerprint density at radius 3 is 2.96 bits per heavy atom. The van der Waals surface area contributed by atoms with Gasteiger partial charge in [0.25, 0.3) is 0 Å². The quantitative estimate of drug-likeness (QED) is 0.791. The lowest BCUT2D eigenvalue weighted by Crippen LogP contribution is -2.46. The molecule has 3 heterocycles. The van der Waals surface area contributed by atoms with Crippen molar-refractivity contribution >= 4 is 23.4 Å². The molecule has 128 valence electrons. The van der Waals surface area contributed by atoms with Crippen LogP contribution < -0.4 is 5.32 Å². The van der Waals surface area contributed by atoms with E-state index in [0.717, 1.165) is 43.3 Å². The zero-order valence-corrected chi connectivity index (χ0v) is 14.8. The molecule has 1 aliphatic heterocycles. The van der Waals surface area contributed by atoms with Gasteiger partial charge in [0.2, 0.25) is 0 Å². The van der Waals surface area contributed by atoms with E-state index in [0.29, 0.717) is 0 Å². The number of hydrogen-bond acceptors (Lipinski definition) is 4. The monoisotopic (exact) mass is 346 g/mol. The van der Waals surface area contributed by atoms with Crippen LogP contribution in [0.5, 0.6) is 0 Å². The summed E-state index contributed by atoms with van der Waals surface area (Å²) < 4.78 is 8.04. The van der Waals surface area contributed by atoms with Crippen molar-refractivity contribution < 1.29 is 4.42 Å². The molecule has 1 aromatic carbocycles. The Labute approximate surface area is 148 Å². The fourth-order valence-electron chi connectivity index (χ4n) is 3.51. The second kappa shape index (κ2) is 6.97. The van der Waals surface area contributed by atoms with Crippen molar-refractivity contribution in [3.8, 4) is 0 Å². The molecule has 1 N–H and O–H groups in total. The highest BCUT2D eigenvalue weighted by molar-refractivity contribution is 5.85. The van der Waals surface area contributed by atoms with Crippen LogP contribution in [0.15, 0.2) is 41.1 Å². The summed E-state index contributed by atoms with van der Waals surface area (Å²) in [5, 5.41) is 4.72. The van der Waals surface area contributed by atoms with E-state index < -0.39 is 0 Å². The smallest absolute Gasteiger partial charge is 0.134 e. The van der Waals surface area contributed by atoms with Crippen molar-refractivity contribution in [2.24, 2.45) is 7.05 Å². The Kier molecular flexibility index (Phi) is 4.94. The van der Waals surface area contributed by atoms with Crippen LogP contribution in [-0.2, 0) is 13.6 Å². The van der Waals surface area contributed by atoms with Gasteiger partial charge in [0.1, 0.15) is 17.2 Å². The molecular formula is C18H23ClN4O. The summed E-state index contributed by atoms with van der Waals surface area (Å²) in [6.07, 6.45) is 3.89. The molecule has 0 saturated carbocycles. The number of rotatable bonds is 3. The number of aromatic nitrogens is 2. The molecule has 0 radical (unpaired) electrons. The Hall–Kier alpha value is -1.82. The first kappa shape index (κ1) is 17.0. The first-order valence-corrected chi connectivity index (χ1v) is 8.13. The molecule has 1 aliphatic rings. The fraction of sp³-hybridized carbons (Fsp3) is 0.389. The predicted octanol–water partition coefficient (Wildman–Crippen LogP) is 3.04. The van der Waals surface area contributed by atoms with Gasteiger partial charge in [0, 0.05) is 56.6 Å². The Balaban J connectivity index is 0.00000169. The molecule has 1 saturated heterocycles. The zero-order valence-electron chi connectivity index (χ0n) is 14.0. The molecule has 5 nitrogen and oxygen atoms in total. The third-order valence-corrected chi connectivity index (χ3v) is 4.77. The minimum absolute atomic E-state index is 0. The van der Waals surface area contributed by atoms with E-state index in [-0.39, 0.29) is 18.4 Å². The van der Waals surface area contributed by atoms with Gasteiger partial charge >= 0.3 is 0 Å². The van der Waals surface area contributed by atoms with Gasteiger partial charge in [-0.25, -0.2) is 4.98 Å². The standard InChI is InChI=1S/C18H22N4O.ClH/c1-13-15(14-5-3-4-6-17(14)23-13)12-22-10-7-19-11-16(22)18-20-8-9-21(18)2;/h3-6,8-9,16,19H,7,10-12H2,1-2H3;1H. The highest BCUT2D eigenvalue weighted by atomic mass is 35.5. The van der Waals surface area contributed by atoms with Gasteiger partial charge in [-0.1, -0.05) is 18.2 Å². The van der Waals surface area contributed by atoms with Crippen LogP contribution in [0, 0.1) is 6.92 Å². The van der Waals surface area contributed by atoms with Crippen molar-refractivity contribution in [2.75, 3.05) is 19.6 Å². The highest BCUT2D eigenvalue weighted by Gasteiger charge is 2.28. The van der Waals surface area contributed by atoms with Crippen molar-refractivity contribution in [3.63, 3.8) is 0 Å². The average Bonchev–Trinajstić information content (AvgIpc) is 3.12. The molecular weight excluding hydrogens is 324 g/mol. The van der Waals surface area contributed by atoms with Crippen LogP contribution in [0.1, 0.15) is 23.2 Å². The number of para-hydroxylation sites is 1. The molecule has 0 aliphatic carbocycles. The van der Waals surface area contributed by atoms with E-state index in [4.69, 9.17) is 4.42 Å². The largest absolute Gasteiger partial charge is 0.461 e. The summed E-state index contributed by atoms with van der Waals surface area (Å²) in [4.78, 5) is 7.06. The number of furan rings is 1. The minimum atomic E-state index is 0. The van der Waals surface area contributed by atoms with Crippen molar-refractivity contribution in [1.82, 2.24) is 19.8 Å². The summed E-state index contributed by atoms with van der Waals surface area (Å²) >= 11 is 0. The van der Waals surface area contributed by atoms with Crippen molar-refractivity contribution in [3.05, 3.63) is 53.8 Å². The van der Waals surface area contributed by atoms with E-state index in [2.05, 4.69) is 45.9 Å². The lowest BCUT2D eigenvalue weighted by Gasteiger charge is -2.35. The van der Waals surface area contributed by atoms with E-state index in [1.807, 2.05) is 24.5 Å². The molecule has 1 atom stereocenters. The summed E-state index contributed by atoms with van der Waals surface area (Å²) in [5.74, 6) is 2.13. The second-order valence-corrected chi connectivity index (χ2v) is 6.22. The van der Waals surface area contributed by atoms with E-state index >= 15 is 0 Å². The number of piperazine rings is 1. The van der Waals surface area contributed by atoms with Crippen LogP contribution in [0.25, 0.3) is 11.0 Å². The summed E-state index contributed by atoms with van der Waals surface area (Å²) in [5.41, 5.74) is 2.27. The van der Waals surface area contributed by atoms with Crippen molar-refractivity contribution in [1.29, 1.82) is 0 Å². The van der Waals surface area contributed by atoms with Gasteiger partial charge in [0.15, 0.2) is 0 Å². The maximum atomic E-state index is 5.93. The molecule has 3 aromatic rings. The first-order chi connectivity index (χ1) is 11.2. The summed E-state index contributed by atoms with van der Waals surface area (Å²) in [7, 11) is 2.06. The van der Waals surface area contributed by atoms with E-state index in [9.17, 15) is 0 Å². The molecule has 24 heavy (non-hydrogen) atoms. The number of hydrogen-bond donors (Lipinski definition) is 1. The lowest BCUT2D eigenvalue weighted by molar-refractivity contribution is 0.144. The Morgan fingerprint density at radius 1 is 1.33 bits per heavy atom. The van der Waals surface area contributed by atoms with Gasteiger partial charge < -0.3 is 14.3 Å². The number of aryl methyl sites for hydroxylation is 2. The zero-order chi connectivity index (χ0) is 15.8. The molecule has 6 heteroatoms. The predicted molar refractivity (Wildman–Crippen MR) is 97.4 cm³/mol. The van der Waals surface area contributed by atoms with Gasteiger partial charge in [0.05, 0.1) is 6.04 Å². The van der Waals surface area contributed by atoms with Gasteiger partial charge in [-0.05, 0) is 13.0 Å². The molecule has 0 spiro atoms. The number of fused-ring (bicyclic) bond motifs is 1. The number of imidazole rings is 1. The maximum Gasteiger partial charge on any atom is 0.134 e. The molecule has 0 bridgehead atoms. The molecule has 1 fully saturated rings. The number of halogens is 1. The van der Waals surface area contributed by atoms with Crippen LogP contribution in [0.2, 0.25) is 0 Å². The molecule has 1 unspecified atom stereocenters. The van der Waals surface area contributed by atoms with Gasteiger partial charge in [-0.15, -0.1) is 12.4 Å². The summed E-state index contributed by atoms with van der Waals surface area (Å²) in [6.45, 7) is 5.90. The lowest BCUT2D eigenvalue weighted by atomic mass is 10.1. The normalized spacial score (nSPS) is 18.7. The molecule has 4 rings (SSSR count). The third-order valence-electron chi connectivity index (χ3n) is 4.77. The van der Waals surface area contributed by atoms with Crippen LogP contribution in [0.3, 0.4) is 0 Å². The van der Waals surface area contributed by atoms with Crippen LogP contribution >= 0.6 is 12.4 Å². The van der Waals surface area contributed by atoms with E-state index in [1.54, 1.807) is 0 Å². The minimum Gasteiger partial charge on any atom is -0.461 e. The second-order valence-electron chi connectivity index (χ2n) is 6.22. The first-order valence-electron chi connectivity index (χ1n) is 8.13. The van der Waals surface area contributed by atoms with E-state index in [1.165, 1.54) is 10.9 Å². The van der Waals surface area contributed by atoms with Crippen molar-refractivity contribution in [2.45, 2.75) is 19.5 Å². The molecule has 0 amide bonds. The topological polar surface area (TPSA) is 46.2 Å². The third kappa shape index (κ3) is 2.95. The number of nitrogens with one attached hydrogen (secondary N) is 1. The average molecular weight is 347 g/mol. The van der Waals surface area contributed by atoms with Crippen LogP contribution in [0.4, 0.5) is 0 Å². The van der Waals surface area contributed by atoms with Gasteiger partial charge in [-0.2, -0.15) is 0 Å². The highest BCUT2D eigenvalue weighted by Crippen LogP contribution is 2.29. The number of benzene rings is 1. The Bertz CT molecular complexity index is 825. The molecule has 2 aromatic heterocycles. The SMILES string of the molecule is Cc1oc2ccccc2c1CN1CCNCC1c1nccn1C.Cl. The number of nitrogens with zero attached hydrogens (tertiary/aromatic N) is 3. The van der Waals surface area contributed by atoms with Crippen LogP contribution in [-0.4, -0.2) is 34.1 Å². The Morgan fingerprint density at radius 2 is 2.17 bits per heavy atom. The maximum absolute atomic E-state index is 5.93. The van der Waals surface area contributed by atoms with Gasteiger partial charge in [-0.3, -0.25) is 4.90 Å². The fourth-order valence-corrected chi connectivity index (χ4v) is 3.51. The summed E-state index contributed by atoms with van der Waals surface area (Å²) in [6, 6.07) is 8.58.